The number of hydrogen-bond donors (Lipinski definition) is 2. The first-order chi connectivity index (χ1) is 7.00. The summed E-state index contributed by atoms with van der Waals surface area (Å²) >= 11 is 0. The van der Waals surface area contributed by atoms with Crippen LogP contribution in [0.3, 0.4) is 0 Å². The fraction of sp³-hybridized carbons (Fsp3) is 0.667. The van der Waals surface area contributed by atoms with E-state index >= 15 is 0 Å². The lowest BCUT2D eigenvalue weighted by atomic mass is 10.1. The number of piperidine rings is 1. The molecule has 1 aliphatic heterocycles. The maximum Gasteiger partial charge on any atom is 0.234 e. The number of Topliss-reactive ketones (excluding diaryl/α,β-unsaturated/α-hetero) is 1. The van der Waals surface area contributed by atoms with E-state index in [2.05, 4.69) is 0 Å². The lowest BCUT2D eigenvalue weighted by Crippen LogP contribution is -2.44. The van der Waals surface area contributed by atoms with Gasteiger partial charge in [0.25, 0.3) is 0 Å². The highest BCUT2D eigenvalue weighted by Gasteiger charge is 2.23. The van der Waals surface area contributed by atoms with Gasteiger partial charge < -0.3 is 16.4 Å². The summed E-state index contributed by atoms with van der Waals surface area (Å²) in [5.41, 5.74) is 10.3. The Morgan fingerprint density at radius 2 is 1.87 bits per heavy atom. The van der Waals surface area contributed by atoms with Gasteiger partial charge in [-0.05, 0) is 0 Å². The molecule has 1 rings (SSSR count). The van der Waals surface area contributed by atoms with Gasteiger partial charge in [-0.1, -0.05) is 0 Å². The molecule has 0 saturated carbocycles. The Kier molecular flexibility index (Phi) is 3.79. The van der Waals surface area contributed by atoms with Gasteiger partial charge >= 0.3 is 0 Å². The summed E-state index contributed by atoms with van der Waals surface area (Å²) in [6, 6.07) is -0.935. The molecule has 0 radical (unpaired) electrons. The van der Waals surface area contributed by atoms with Crippen LogP contribution in [-0.2, 0) is 14.4 Å². The van der Waals surface area contributed by atoms with Gasteiger partial charge in [-0.25, -0.2) is 0 Å². The third-order valence-corrected chi connectivity index (χ3v) is 2.43. The maximum absolute atomic E-state index is 11.5. The molecule has 1 atom stereocenters. The van der Waals surface area contributed by atoms with Gasteiger partial charge in [-0.2, -0.15) is 0 Å². The number of ketones is 1. The van der Waals surface area contributed by atoms with E-state index in [4.69, 9.17) is 11.5 Å². The Bertz CT molecular complexity index is 280. The summed E-state index contributed by atoms with van der Waals surface area (Å²) in [6.07, 6.45) is 0.693. The van der Waals surface area contributed by atoms with Crippen molar-refractivity contribution in [2.45, 2.75) is 25.3 Å². The average Bonchev–Trinajstić information content (AvgIpc) is 2.18. The minimum absolute atomic E-state index is 0.0798. The third-order valence-electron chi connectivity index (χ3n) is 2.43. The molecule has 84 valence electrons. The standard InChI is InChI=1S/C9H15N3O3/c10-7(9(11)15)5-8(14)12-3-1-6(13)2-4-12/h7H,1-5,10H2,(H2,11,15). The van der Waals surface area contributed by atoms with E-state index in [1.165, 1.54) is 0 Å². The molecule has 1 saturated heterocycles. The smallest absolute Gasteiger partial charge is 0.234 e. The highest BCUT2D eigenvalue weighted by Crippen LogP contribution is 2.07. The van der Waals surface area contributed by atoms with E-state index in [-0.39, 0.29) is 18.1 Å². The largest absolute Gasteiger partial charge is 0.368 e. The minimum Gasteiger partial charge on any atom is -0.368 e. The van der Waals surface area contributed by atoms with Crippen molar-refractivity contribution in [3.05, 3.63) is 0 Å². The van der Waals surface area contributed by atoms with Crippen LogP contribution in [0, 0.1) is 0 Å². The lowest BCUT2D eigenvalue weighted by molar-refractivity contribution is -0.136. The molecule has 0 aromatic rings. The zero-order valence-corrected chi connectivity index (χ0v) is 8.44. The van der Waals surface area contributed by atoms with Gasteiger partial charge in [-0.3, -0.25) is 14.4 Å². The molecule has 6 heteroatoms. The van der Waals surface area contributed by atoms with E-state index in [0.29, 0.717) is 25.9 Å². The Morgan fingerprint density at radius 1 is 1.33 bits per heavy atom. The summed E-state index contributed by atoms with van der Waals surface area (Å²) in [7, 11) is 0. The summed E-state index contributed by atoms with van der Waals surface area (Å²) in [5.74, 6) is -0.733. The molecule has 0 aromatic heterocycles. The predicted octanol–water partition coefficient (Wildman–Crippen LogP) is -1.62. The molecule has 2 amide bonds. The SMILES string of the molecule is NC(=O)C(N)CC(=O)N1CCC(=O)CC1. The fourth-order valence-electron chi connectivity index (χ4n) is 1.42. The van der Waals surface area contributed by atoms with E-state index in [0.717, 1.165) is 0 Å². The van der Waals surface area contributed by atoms with Crippen molar-refractivity contribution in [1.29, 1.82) is 0 Å². The Hall–Kier alpha value is -1.43. The van der Waals surface area contributed by atoms with Crippen LogP contribution < -0.4 is 11.5 Å². The van der Waals surface area contributed by atoms with Crippen LogP contribution in [0.15, 0.2) is 0 Å². The van der Waals surface area contributed by atoms with Crippen molar-refractivity contribution in [3.8, 4) is 0 Å². The van der Waals surface area contributed by atoms with Gasteiger partial charge in [0.1, 0.15) is 5.78 Å². The van der Waals surface area contributed by atoms with E-state index in [1.54, 1.807) is 4.90 Å². The molecule has 1 fully saturated rings. The minimum atomic E-state index is -0.935. The number of primary amides is 1. The molecule has 1 aliphatic rings. The van der Waals surface area contributed by atoms with E-state index < -0.39 is 11.9 Å². The van der Waals surface area contributed by atoms with Crippen LogP contribution in [-0.4, -0.2) is 41.6 Å². The molecule has 0 spiro atoms. The van der Waals surface area contributed by atoms with Gasteiger partial charge in [0.05, 0.1) is 12.5 Å². The van der Waals surface area contributed by atoms with Crippen LogP contribution in [0.4, 0.5) is 0 Å². The summed E-state index contributed by atoms with van der Waals surface area (Å²) in [6.45, 7) is 0.840. The lowest BCUT2D eigenvalue weighted by Gasteiger charge is -2.26. The molecule has 1 unspecified atom stereocenters. The first-order valence-corrected chi connectivity index (χ1v) is 4.85. The molecule has 4 N–H and O–H groups in total. The van der Waals surface area contributed by atoms with Crippen molar-refractivity contribution in [2.24, 2.45) is 11.5 Å². The van der Waals surface area contributed by atoms with Crippen LogP contribution in [0.1, 0.15) is 19.3 Å². The summed E-state index contributed by atoms with van der Waals surface area (Å²) in [5, 5.41) is 0. The number of rotatable bonds is 3. The number of carbonyl (C=O) groups excluding carboxylic acids is 3. The van der Waals surface area contributed by atoms with Gasteiger partial charge in [0, 0.05) is 25.9 Å². The Labute approximate surface area is 87.6 Å². The predicted molar refractivity (Wildman–Crippen MR) is 52.6 cm³/mol. The second kappa shape index (κ2) is 4.88. The van der Waals surface area contributed by atoms with E-state index in [9.17, 15) is 14.4 Å². The number of hydrogen-bond acceptors (Lipinski definition) is 4. The van der Waals surface area contributed by atoms with E-state index in [1.807, 2.05) is 0 Å². The second-order valence-electron chi connectivity index (χ2n) is 3.63. The summed E-state index contributed by atoms with van der Waals surface area (Å²) in [4.78, 5) is 34.7. The number of amides is 2. The summed E-state index contributed by atoms with van der Waals surface area (Å²) < 4.78 is 0. The molecule has 0 aliphatic carbocycles. The fourth-order valence-corrected chi connectivity index (χ4v) is 1.42. The topological polar surface area (TPSA) is 106 Å². The third kappa shape index (κ3) is 3.32. The van der Waals surface area contributed by atoms with Crippen LogP contribution >= 0.6 is 0 Å². The monoisotopic (exact) mass is 213 g/mol. The van der Waals surface area contributed by atoms with Crippen molar-refractivity contribution < 1.29 is 14.4 Å². The second-order valence-corrected chi connectivity index (χ2v) is 3.63. The normalized spacial score (nSPS) is 18.7. The highest BCUT2D eigenvalue weighted by molar-refractivity contribution is 5.88. The number of carbonyl (C=O) groups is 3. The number of nitrogens with two attached hydrogens (primary N) is 2. The molecule has 0 bridgehead atoms. The molecule has 6 nitrogen and oxygen atoms in total. The number of nitrogens with zero attached hydrogens (tertiary/aromatic N) is 1. The van der Waals surface area contributed by atoms with Gasteiger partial charge in [0.15, 0.2) is 0 Å². The number of likely N-dealkylation sites (tertiary alicyclic amines) is 1. The zero-order chi connectivity index (χ0) is 11.4. The molecular weight excluding hydrogens is 198 g/mol. The van der Waals surface area contributed by atoms with Crippen LogP contribution in [0.5, 0.6) is 0 Å². The molecular formula is C9H15N3O3. The maximum atomic E-state index is 11.5. The van der Waals surface area contributed by atoms with Gasteiger partial charge in [0.2, 0.25) is 11.8 Å². The van der Waals surface area contributed by atoms with Crippen LogP contribution in [0.25, 0.3) is 0 Å². The first kappa shape index (κ1) is 11.6. The molecule has 1 heterocycles. The van der Waals surface area contributed by atoms with Crippen molar-refractivity contribution >= 4 is 17.6 Å². The quantitative estimate of drug-likeness (QED) is 0.587. The Balaban J connectivity index is 2.40. The molecule has 15 heavy (non-hydrogen) atoms. The van der Waals surface area contributed by atoms with Gasteiger partial charge in [-0.15, -0.1) is 0 Å². The zero-order valence-electron chi connectivity index (χ0n) is 8.44. The highest BCUT2D eigenvalue weighted by atomic mass is 16.2. The average molecular weight is 213 g/mol. The van der Waals surface area contributed by atoms with Crippen molar-refractivity contribution in [2.75, 3.05) is 13.1 Å². The first-order valence-electron chi connectivity index (χ1n) is 4.85. The van der Waals surface area contributed by atoms with Crippen LogP contribution in [0.2, 0.25) is 0 Å². The molecule has 0 aromatic carbocycles. The Morgan fingerprint density at radius 3 is 2.33 bits per heavy atom. The van der Waals surface area contributed by atoms with Crippen molar-refractivity contribution in [3.63, 3.8) is 0 Å². The van der Waals surface area contributed by atoms with Crippen molar-refractivity contribution in [1.82, 2.24) is 4.90 Å².